The molecule has 9 nitrogen and oxygen atoms in total. The van der Waals surface area contributed by atoms with Crippen molar-refractivity contribution in [1.82, 2.24) is 19.1 Å². The Morgan fingerprint density at radius 2 is 1.40 bits per heavy atom. The van der Waals surface area contributed by atoms with E-state index < -0.39 is 11.4 Å². The van der Waals surface area contributed by atoms with Crippen molar-refractivity contribution in [3.8, 4) is 11.5 Å². The highest BCUT2D eigenvalue weighted by Gasteiger charge is 2.15. The number of nitrogens with one attached hydrogen (secondary N) is 1. The Labute approximate surface area is 202 Å². The summed E-state index contributed by atoms with van der Waals surface area (Å²) in [5.41, 5.74) is 2.38. The average Bonchev–Trinajstić information content (AvgIpc) is 2.88. The van der Waals surface area contributed by atoms with Crippen LogP contribution in [-0.2, 0) is 19.6 Å². The highest BCUT2D eigenvalue weighted by atomic mass is 16.5. The molecule has 4 aromatic rings. The predicted octanol–water partition coefficient (Wildman–Crippen LogP) is 2.83. The van der Waals surface area contributed by atoms with Crippen LogP contribution in [0.4, 0.5) is 5.95 Å². The molecule has 0 amide bonds. The SMILES string of the molecule is COc1ccc(Cn2c(NCc3cccnc3C)nc(=O)n(Cc3ccc(OC)cc3)c2=O)cc1. The first-order chi connectivity index (χ1) is 17.0. The molecule has 9 heteroatoms. The number of pyridine rings is 1. The van der Waals surface area contributed by atoms with Gasteiger partial charge in [-0.3, -0.25) is 9.55 Å². The number of benzene rings is 2. The van der Waals surface area contributed by atoms with Gasteiger partial charge in [-0.15, -0.1) is 0 Å². The number of anilines is 1. The number of ether oxygens (including phenoxy) is 2. The fourth-order valence-corrected chi connectivity index (χ4v) is 3.65. The van der Waals surface area contributed by atoms with Gasteiger partial charge in [0.25, 0.3) is 0 Å². The first-order valence-electron chi connectivity index (χ1n) is 11.1. The van der Waals surface area contributed by atoms with Crippen molar-refractivity contribution in [2.24, 2.45) is 0 Å². The monoisotopic (exact) mass is 473 g/mol. The Kier molecular flexibility index (Phi) is 7.25. The molecular weight excluding hydrogens is 446 g/mol. The summed E-state index contributed by atoms with van der Waals surface area (Å²) in [4.78, 5) is 34.9. The van der Waals surface area contributed by atoms with E-state index in [-0.39, 0.29) is 19.0 Å². The Morgan fingerprint density at radius 1 is 0.829 bits per heavy atom. The molecule has 35 heavy (non-hydrogen) atoms. The van der Waals surface area contributed by atoms with E-state index in [0.717, 1.165) is 27.0 Å². The second-order valence-corrected chi connectivity index (χ2v) is 7.97. The molecule has 0 saturated carbocycles. The van der Waals surface area contributed by atoms with Crippen LogP contribution in [0.3, 0.4) is 0 Å². The predicted molar refractivity (Wildman–Crippen MR) is 133 cm³/mol. The number of hydrogen-bond donors (Lipinski definition) is 1. The molecule has 0 atom stereocenters. The second kappa shape index (κ2) is 10.7. The maximum atomic E-state index is 13.5. The van der Waals surface area contributed by atoms with Crippen molar-refractivity contribution in [3.05, 3.63) is 110 Å². The lowest BCUT2D eigenvalue weighted by molar-refractivity contribution is 0.414. The summed E-state index contributed by atoms with van der Waals surface area (Å²) in [6.45, 7) is 2.60. The Hall–Kier alpha value is -4.40. The maximum absolute atomic E-state index is 13.5. The topological polar surface area (TPSA) is 100 Å². The van der Waals surface area contributed by atoms with Gasteiger partial charge in [0.1, 0.15) is 11.5 Å². The van der Waals surface area contributed by atoms with E-state index >= 15 is 0 Å². The average molecular weight is 474 g/mol. The lowest BCUT2D eigenvalue weighted by Gasteiger charge is -2.16. The number of nitrogens with zero attached hydrogens (tertiary/aromatic N) is 4. The van der Waals surface area contributed by atoms with Crippen LogP contribution in [0.5, 0.6) is 11.5 Å². The minimum Gasteiger partial charge on any atom is -0.497 e. The lowest BCUT2D eigenvalue weighted by atomic mass is 10.2. The summed E-state index contributed by atoms with van der Waals surface area (Å²) < 4.78 is 13.0. The van der Waals surface area contributed by atoms with Gasteiger partial charge in [-0.25, -0.2) is 14.2 Å². The van der Waals surface area contributed by atoms with Crippen LogP contribution in [0.15, 0.2) is 76.4 Å². The van der Waals surface area contributed by atoms with Gasteiger partial charge in [0.2, 0.25) is 5.95 Å². The van der Waals surface area contributed by atoms with Gasteiger partial charge in [0.15, 0.2) is 0 Å². The molecule has 2 aromatic carbocycles. The molecule has 0 aliphatic rings. The van der Waals surface area contributed by atoms with Crippen molar-refractivity contribution in [3.63, 3.8) is 0 Å². The van der Waals surface area contributed by atoms with Gasteiger partial charge in [-0.2, -0.15) is 4.98 Å². The van der Waals surface area contributed by atoms with E-state index in [0.29, 0.717) is 18.0 Å². The molecule has 4 rings (SSSR count). The van der Waals surface area contributed by atoms with E-state index in [1.165, 1.54) is 4.57 Å². The normalized spacial score (nSPS) is 10.7. The number of methoxy groups -OCH3 is 2. The molecule has 0 aliphatic heterocycles. The zero-order chi connectivity index (χ0) is 24.8. The van der Waals surface area contributed by atoms with Crippen LogP contribution in [-0.4, -0.2) is 33.3 Å². The van der Waals surface area contributed by atoms with Crippen molar-refractivity contribution in [2.75, 3.05) is 19.5 Å². The second-order valence-electron chi connectivity index (χ2n) is 7.97. The highest BCUT2D eigenvalue weighted by Crippen LogP contribution is 2.15. The van der Waals surface area contributed by atoms with Crippen LogP contribution in [0.2, 0.25) is 0 Å². The molecule has 2 aromatic heterocycles. The third-order valence-electron chi connectivity index (χ3n) is 5.70. The van der Waals surface area contributed by atoms with Crippen molar-refractivity contribution >= 4 is 5.95 Å². The quantitative estimate of drug-likeness (QED) is 0.399. The first kappa shape index (κ1) is 23.7. The van der Waals surface area contributed by atoms with E-state index in [2.05, 4.69) is 15.3 Å². The Morgan fingerprint density at radius 3 is 1.94 bits per heavy atom. The van der Waals surface area contributed by atoms with Gasteiger partial charge >= 0.3 is 11.4 Å². The van der Waals surface area contributed by atoms with Gasteiger partial charge in [-0.05, 0) is 53.9 Å². The lowest BCUT2D eigenvalue weighted by Crippen LogP contribution is -2.43. The summed E-state index contributed by atoms with van der Waals surface area (Å²) in [5.74, 6) is 1.61. The molecule has 0 spiro atoms. The van der Waals surface area contributed by atoms with Crippen molar-refractivity contribution < 1.29 is 9.47 Å². The molecule has 2 heterocycles. The maximum Gasteiger partial charge on any atom is 0.355 e. The zero-order valence-electron chi connectivity index (χ0n) is 19.9. The molecule has 0 bridgehead atoms. The summed E-state index contributed by atoms with van der Waals surface area (Å²) in [5, 5.41) is 3.16. The molecule has 0 fully saturated rings. The van der Waals surface area contributed by atoms with Gasteiger partial charge < -0.3 is 14.8 Å². The molecule has 0 saturated heterocycles. The highest BCUT2D eigenvalue weighted by molar-refractivity contribution is 5.32. The largest absolute Gasteiger partial charge is 0.497 e. The summed E-state index contributed by atoms with van der Waals surface area (Å²) in [6, 6.07) is 18.4. The van der Waals surface area contributed by atoms with Gasteiger partial charge in [-0.1, -0.05) is 30.3 Å². The molecule has 180 valence electrons. The van der Waals surface area contributed by atoms with Crippen LogP contribution >= 0.6 is 0 Å². The van der Waals surface area contributed by atoms with Crippen LogP contribution in [0.1, 0.15) is 22.4 Å². The number of hydrogen-bond acceptors (Lipinski definition) is 7. The zero-order valence-corrected chi connectivity index (χ0v) is 19.9. The standard InChI is InChI=1S/C26H27N5O4/c1-18-21(5-4-14-27-18)15-28-24-29-25(32)31(17-20-8-12-23(35-3)13-9-20)26(33)30(24)16-19-6-10-22(34-2)11-7-19/h4-14H,15-17H2,1-3H3,(H,28,29,32). The Bertz CT molecular complexity index is 1410. The Balaban J connectivity index is 1.71. The van der Waals surface area contributed by atoms with Crippen LogP contribution in [0, 0.1) is 6.92 Å². The van der Waals surface area contributed by atoms with Crippen molar-refractivity contribution in [1.29, 1.82) is 0 Å². The molecular formula is C26H27N5O4. The van der Waals surface area contributed by atoms with E-state index in [1.54, 1.807) is 32.5 Å². The smallest absolute Gasteiger partial charge is 0.355 e. The van der Waals surface area contributed by atoms with Crippen molar-refractivity contribution in [2.45, 2.75) is 26.6 Å². The molecule has 0 unspecified atom stereocenters. The minimum atomic E-state index is -0.623. The van der Waals surface area contributed by atoms with E-state index in [4.69, 9.17) is 9.47 Å². The summed E-state index contributed by atoms with van der Waals surface area (Å²) in [7, 11) is 3.18. The fourth-order valence-electron chi connectivity index (χ4n) is 3.65. The van der Waals surface area contributed by atoms with Crippen LogP contribution in [0.25, 0.3) is 0 Å². The van der Waals surface area contributed by atoms with E-state index in [9.17, 15) is 9.59 Å². The van der Waals surface area contributed by atoms with Gasteiger partial charge in [0, 0.05) is 18.4 Å². The molecule has 0 radical (unpaired) electrons. The first-order valence-corrected chi connectivity index (χ1v) is 11.1. The minimum absolute atomic E-state index is 0.0965. The van der Waals surface area contributed by atoms with Crippen LogP contribution < -0.4 is 26.2 Å². The molecule has 1 N–H and O–H groups in total. The number of aromatic nitrogens is 4. The fraction of sp³-hybridized carbons (Fsp3) is 0.231. The van der Waals surface area contributed by atoms with E-state index in [1.807, 2.05) is 55.5 Å². The number of aryl methyl sites for hydroxylation is 1. The summed E-state index contributed by atoms with van der Waals surface area (Å²) >= 11 is 0. The third-order valence-corrected chi connectivity index (χ3v) is 5.70. The number of rotatable bonds is 9. The third kappa shape index (κ3) is 5.57. The summed E-state index contributed by atoms with van der Waals surface area (Å²) in [6.07, 6.45) is 1.72. The van der Waals surface area contributed by atoms with Gasteiger partial charge in [0.05, 0.1) is 27.3 Å². The molecule has 0 aliphatic carbocycles.